The highest BCUT2D eigenvalue weighted by molar-refractivity contribution is 5.84. The van der Waals surface area contributed by atoms with Gasteiger partial charge in [0.05, 0.1) is 6.54 Å². The fraction of sp³-hybridized carbons (Fsp3) is 0.846. The number of halogens is 4. The minimum atomic E-state index is -4.46. The molecule has 7 atom stereocenters. The molecule has 5 aliphatic rings. The quantitative estimate of drug-likeness (QED) is 0.525. The molecule has 0 radical (unpaired) electrons. The van der Waals surface area contributed by atoms with Crippen LogP contribution in [0.3, 0.4) is 0 Å². The number of alkyl halides is 4. The summed E-state index contributed by atoms with van der Waals surface area (Å²) >= 11 is 0. The van der Waals surface area contributed by atoms with E-state index in [1.807, 2.05) is 13.1 Å². The summed E-state index contributed by atoms with van der Waals surface area (Å²) in [6.45, 7) is 4.93. The van der Waals surface area contributed by atoms with Crippen molar-refractivity contribution in [2.45, 2.75) is 82.5 Å². The van der Waals surface area contributed by atoms with Gasteiger partial charge in [-0.25, -0.2) is 9.38 Å². The first-order valence-corrected chi connectivity index (χ1v) is 14.0. The van der Waals surface area contributed by atoms with Gasteiger partial charge in [-0.05, 0) is 57.3 Å². The van der Waals surface area contributed by atoms with Crippen molar-refractivity contribution in [3.63, 3.8) is 0 Å². The molecule has 3 fully saturated rings. The van der Waals surface area contributed by atoms with E-state index in [1.165, 1.54) is 4.90 Å². The maximum Gasteiger partial charge on any atom is 0.397 e. The molecular formula is C26H39F4N7O. The number of rotatable bonds is 5. The molecule has 7 unspecified atom stereocenters. The van der Waals surface area contributed by atoms with E-state index < -0.39 is 24.7 Å². The van der Waals surface area contributed by atoms with Crippen LogP contribution in [0.15, 0.2) is 15.0 Å². The minimum absolute atomic E-state index is 0.0598. The molecule has 0 spiro atoms. The Morgan fingerprint density at radius 3 is 2.66 bits per heavy atom. The van der Waals surface area contributed by atoms with Crippen LogP contribution < -0.4 is 10.6 Å². The van der Waals surface area contributed by atoms with Crippen LogP contribution in [0, 0.1) is 17.8 Å². The fourth-order valence-corrected chi connectivity index (χ4v) is 6.76. The third-order valence-electron chi connectivity index (χ3n) is 8.80. The van der Waals surface area contributed by atoms with Gasteiger partial charge in [-0.1, -0.05) is 0 Å². The summed E-state index contributed by atoms with van der Waals surface area (Å²) in [5, 5.41) is 7.08. The van der Waals surface area contributed by atoms with Gasteiger partial charge in [0, 0.05) is 62.7 Å². The molecule has 4 heterocycles. The summed E-state index contributed by atoms with van der Waals surface area (Å²) in [4.78, 5) is 29.2. The first-order chi connectivity index (χ1) is 18.1. The van der Waals surface area contributed by atoms with Crippen LogP contribution in [-0.4, -0.2) is 103 Å². The summed E-state index contributed by atoms with van der Waals surface area (Å²) in [5.41, 5.74) is 1.06. The second-order valence-electron chi connectivity index (χ2n) is 11.6. The molecule has 0 bridgehead atoms. The normalized spacial score (nSPS) is 37.4. The highest BCUT2D eigenvalue weighted by atomic mass is 19.4. The van der Waals surface area contributed by atoms with Gasteiger partial charge in [-0.2, -0.15) is 13.2 Å². The molecule has 1 aliphatic carbocycles. The van der Waals surface area contributed by atoms with Crippen LogP contribution in [0.5, 0.6) is 0 Å². The van der Waals surface area contributed by atoms with Gasteiger partial charge in [0.25, 0.3) is 0 Å². The van der Waals surface area contributed by atoms with Gasteiger partial charge in [0.15, 0.2) is 5.96 Å². The first kappa shape index (κ1) is 27.3. The van der Waals surface area contributed by atoms with E-state index in [-0.39, 0.29) is 18.1 Å². The fourth-order valence-electron chi connectivity index (χ4n) is 6.76. The average Bonchev–Trinajstić information content (AvgIpc) is 3.26. The number of carbonyl (C=O) groups excluding carboxylic acids is 1. The lowest BCUT2D eigenvalue weighted by atomic mass is 9.72. The van der Waals surface area contributed by atoms with Gasteiger partial charge >= 0.3 is 6.18 Å². The monoisotopic (exact) mass is 541 g/mol. The van der Waals surface area contributed by atoms with Crippen molar-refractivity contribution in [3.05, 3.63) is 0 Å². The lowest BCUT2D eigenvalue weighted by Gasteiger charge is -2.38. The van der Waals surface area contributed by atoms with Gasteiger partial charge < -0.3 is 15.5 Å². The number of carbonyl (C=O) groups is 1. The number of nitrogens with one attached hydrogen (secondary N) is 2. The lowest BCUT2D eigenvalue weighted by Crippen LogP contribution is -2.50. The van der Waals surface area contributed by atoms with Crippen LogP contribution in [0.2, 0.25) is 0 Å². The van der Waals surface area contributed by atoms with Crippen molar-refractivity contribution in [2.75, 3.05) is 39.3 Å². The highest BCUT2D eigenvalue weighted by Crippen LogP contribution is 2.38. The Kier molecular flexibility index (Phi) is 8.25. The van der Waals surface area contributed by atoms with Crippen LogP contribution in [0.25, 0.3) is 0 Å². The van der Waals surface area contributed by atoms with Crippen LogP contribution in [0.4, 0.5) is 17.6 Å². The minimum Gasteiger partial charge on any atom is -0.352 e. The van der Waals surface area contributed by atoms with Crippen molar-refractivity contribution in [1.82, 2.24) is 20.4 Å². The lowest BCUT2D eigenvalue weighted by molar-refractivity contribution is -0.162. The van der Waals surface area contributed by atoms with Crippen LogP contribution in [-0.2, 0) is 4.79 Å². The van der Waals surface area contributed by atoms with E-state index in [9.17, 15) is 22.4 Å². The number of nitrogens with zero attached hydrogens (tertiary/aromatic N) is 5. The molecule has 1 saturated carbocycles. The van der Waals surface area contributed by atoms with E-state index in [2.05, 4.69) is 25.5 Å². The summed E-state index contributed by atoms with van der Waals surface area (Å²) in [6.07, 6.45) is 0.405. The van der Waals surface area contributed by atoms with Crippen molar-refractivity contribution in [2.24, 2.45) is 32.7 Å². The Bertz CT molecular complexity index is 946. The van der Waals surface area contributed by atoms with Gasteiger partial charge in [0.1, 0.15) is 18.8 Å². The molecule has 4 aliphatic heterocycles. The summed E-state index contributed by atoms with van der Waals surface area (Å²) in [5.74, 6) is 0.702. The van der Waals surface area contributed by atoms with E-state index in [0.717, 1.165) is 56.7 Å². The molecule has 12 heteroatoms. The molecular weight excluding hydrogens is 502 g/mol. The van der Waals surface area contributed by atoms with E-state index >= 15 is 0 Å². The zero-order valence-corrected chi connectivity index (χ0v) is 22.0. The molecule has 2 saturated heterocycles. The molecule has 5 rings (SSSR count). The summed E-state index contributed by atoms with van der Waals surface area (Å²) in [6, 6.07) is 0.555. The number of aliphatic imine (C=N–C) groups is 3. The van der Waals surface area contributed by atoms with Gasteiger partial charge in [-0.15, -0.1) is 0 Å². The summed E-state index contributed by atoms with van der Waals surface area (Å²) < 4.78 is 52.2. The average molecular weight is 542 g/mol. The second-order valence-corrected chi connectivity index (χ2v) is 11.6. The standard InChI is InChI=1S/C26H39F4N7O/c1-16-10-19(20(27)14-32-16)18-2-3-21-22(12-18)34-25(33-21)35-23-11-17(4-5-31-23)15-36-6-8-37(9-7-36)24(38)13-26(28,29)30/h5,17-23H,2-4,6-15H2,1H3,(H2,33,34,35). The first-order valence-electron chi connectivity index (χ1n) is 14.0. The molecule has 0 aromatic heterocycles. The van der Waals surface area contributed by atoms with Crippen molar-refractivity contribution in [3.8, 4) is 0 Å². The molecule has 0 aromatic rings. The zero-order valence-electron chi connectivity index (χ0n) is 22.0. The van der Waals surface area contributed by atoms with Crippen molar-refractivity contribution in [1.29, 1.82) is 0 Å². The smallest absolute Gasteiger partial charge is 0.352 e. The SMILES string of the molecule is CC1=NCC(F)C(C2CCC3NC(=NC4CC(CN5CCN(C(=O)CC(F)(F)F)CC5)CC=N4)NC3C2)C1. The predicted octanol–water partition coefficient (Wildman–Crippen LogP) is 2.79. The number of fused-ring (bicyclic) bond motifs is 1. The van der Waals surface area contributed by atoms with E-state index in [4.69, 9.17) is 4.99 Å². The topological polar surface area (TPSA) is 84.7 Å². The van der Waals surface area contributed by atoms with Crippen molar-refractivity contribution < 1.29 is 22.4 Å². The van der Waals surface area contributed by atoms with Gasteiger partial charge in [0.2, 0.25) is 5.91 Å². The Hall–Kier alpha value is -2.24. The highest BCUT2D eigenvalue weighted by Gasteiger charge is 2.42. The molecule has 212 valence electrons. The largest absolute Gasteiger partial charge is 0.397 e. The number of amides is 1. The third-order valence-corrected chi connectivity index (χ3v) is 8.80. The summed E-state index contributed by atoms with van der Waals surface area (Å²) in [7, 11) is 0. The number of guanidine groups is 1. The molecule has 38 heavy (non-hydrogen) atoms. The maximum absolute atomic E-state index is 14.6. The van der Waals surface area contributed by atoms with E-state index in [1.54, 1.807) is 0 Å². The number of piperazine rings is 1. The third kappa shape index (κ3) is 6.84. The Balaban J connectivity index is 1.08. The van der Waals surface area contributed by atoms with Crippen molar-refractivity contribution >= 4 is 23.8 Å². The number of hydrogen-bond donors (Lipinski definition) is 2. The van der Waals surface area contributed by atoms with Crippen LogP contribution >= 0.6 is 0 Å². The number of hydrogen-bond acceptors (Lipinski definition) is 5. The zero-order chi connectivity index (χ0) is 26.9. The Morgan fingerprint density at radius 2 is 1.89 bits per heavy atom. The van der Waals surface area contributed by atoms with Gasteiger partial charge in [-0.3, -0.25) is 19.7 Å². The molecule has 2 N–H and O–H groups in total. The predicted molar refractivity (Wildman–Crippen MR) is 138 cm³/mol. The van der Waals surface area contributed by atoms with Crippen LogP contribution in [0.1, 0.15) is 51.9 Å². The Morgan fingerprint density at radius 1 is 1.13 bits per heavy atom. The Labute approximate surface area is 221 Å². The second kappa shape index (κ2) is 11.5. The maximum atomic E-state index is 14.6. The molecule has 8 nitrogen and oxygen atoms in total. The molecule has 0 aromatic carbocycles. The molecule has 1 amide bonds. The van der Waals surface area contributed by atoms with E-state index in [0.29, 0.717) is 50.6 Å².